The highest BCUT2D eigenvalue weighted by molar-refractivity contribution is 7.37. The molecule has 0 rings (SSSR count). The van der Waals surface area contributed by atoms with Gasteiger partial charge in [0.25, 0.3) is 5.78 Å². The first-order valence-electron chi connectivity index (χ1n) is 16.5. The van der Waals surface area contributed by atoms with Crippen molar-refractivity contribution in [2.75, 3.05) is 27.7 Å². The van der Waals surface area contributed by atoms with Crippen LogP contribution in [0.3, 0.4) is 0 Å². The number of aliphatic hydroxyl groups is 2. The monoisotopic (exact) mass is 588 g/mol. The Kier molecular flexibility index (Phi) is 30.9. The number of allylic oxidation sites excluding steroid dienone is 2. The van der Waals surface area contributed by atoms with Crippen LogP contribution in [0.4, 0.5) is 0 Å². The smallest absolute Gasteiger partial charge is 0.373 e. The zero-order valence-electron chi connectivity index (χ0n) is 27.1. The summed E-state index contributed by atoms with van der Waals surface area (Å²) in [6.45, 7) is 4.22. The number of ketones is 1. The summed E-state index contributed by atoms with van der Waals surface area (Å²) in [5, 5.41) is 18.2. The Bertz CT molecular complexity index is 606. The number of nitrogens with zero attached hydrogens (tertiary/aromatic N) is 1. The summed E-state index contributed by atoms with van der Waals surface area (Å²) in [6, 6.07) is 0. The molecule has 40 heavy (non-hydrogen) atoms. The predicted octanol–water partition coefficient (Wildman–Crippen LogP) is 8.21. The fraction of sp³-hybridized carbons (Fsp3) is 0.909. The normalized spacial score (nSPS) is 13.7. The standard InChI is InChI=1S/C25H48O3.C8H19NO2P/c1-2-3-4-5-6-7-8-9-10-11-12-13-14-15-16-17-18-19-20-21-24(27)25(28)22-23-26;1-5-6-7-8(12(10)11)9(2,3)4/h9-10,25-26,28H,2-8,11-23H2,1H3;8H,5-7H2,1-4H3/q;+1. The first-order chi connectivity index (χ1) is 19.1. The molecule has 2 N–H and O–H groups in total. The number of rotatable bonds is 27. The summed E-state index contributed by atoms with van der Waals surface area (Å²) in [5.74, 6) is -0.338. The van der Waals surface area contributed by atoms with Gasteiger partial charge in [-0.15, -0.1) is 0 Å². The maximum absolute atomic E-state index is 11.5. The molecule has 0 radical (unpaired) electrons. The van der Waals surface area contributed by atoms with Gasteiger partial charge < -0.3 is 15.1 Å². The number of carbonyl (C=O) groups is 1. The van der Waals surface area contributed by atoms with E-state index >= 15 is 0 Å². The summed E-state index contributed by atoms with van der Waals surface area (Å²) in [5.41, 5.74) is 0. The molecule has 238 valence electrons. The van der Waals surface area contributed by atoms with Crippen molar-refractivity contribution in [3.8, 4) is 0 Å². The molecule has 0 amide bonds. The molecular weight excluding hydrogens is 521 g/mol. The molecular formula is C33H67NO5P+. The fourth-order valence-corrected chi connectivity index (χ4v) is 5.65. The number of hydrogen-bond acceptors (Lipinski definition) is 5. The molecule has 0 fully saturated rings. The lowest BCUT2D eigenvalue weighted by molar-refractivity contribution is -0.883. The summed E-state index contributed by atoms with van der Waals surface area (Å²) in [4.78, 5) is 22.4. The lowest BCUT2D eigenvalue weighted by atomic mass is 10.0. The number of hydrogen-bond donors (Lipinski definition) is 2. The van der Waals surface area contributed by atoms with Crippen LogP contribution in [0.2, 0.25) is 0 Å². The molecule has 6 nitrogen and oxygen atoms in total. The highest BCUT2D eigenvalue weighted by Crippen LogP contribution is 2.28. The largest absolute Gasteiger partial charge is 0.591 e. The summed E-state index contributed by atoms with van der Waals surface area (Å²) < 4.78 is 11.4. The number of aliphatic hydroxyl groups excluding tert-OH is 2. The zero-order chi connectivity index (χ0) is 30.5. The van der Waals surface area contributed by atoms with Gasteiger partial charge in [-0.2, -0.15) is 0 Å². The van der Waals surface area contributed by atoms with Crippen molar-refractivity contribution in [2.24, 2.45) is 0 Å². The zero-order valence-corrected chi connectivity index (χ0v) is 28.0. The minimum absolute atomic E-state index is 0.116. The quantitative estimate of drug-likeness (QED) is 0.0436. The van der Waals surface area contributed by atoms with Crippen molar-refractivity contribution in [2.45, 2.75) is 167 Å². The van der Waals surface area contributed by atoms with E-state index in [1.54, 1.807) is 0 Å². The van der Waals surface area contributed by atoms with Crippen molar-refractivity contribution >= 4 is 13.8 Å². The van der Waals surface area contributed by atoms with Gasteiger partial charge in [0, 0.05) is 25.9 Å². The van der Waals surface area contributed by atoms with Crippen LogP contribution >= 0.6 is 8.03 Å². The Morgan fingerprint density at radius 1 is 0.725 bits per heavy atom. The van der Waals surface area contributed by atoms with Gasteiger partial charge in [-0.25, -0.2) is 0 Å². The molecule has 0 aliphatic carbocycles. The Balaban J connectivity index is 0. The molecule has 3 unspecified atom stereocenters. The lowest BCUT2D eigenvalue weighted by Crippen LogP contribution is -2.44. The van der Waals surface area contributed by atoms with Crippen molar-refractivity contribution in [3.05, 3.63) is 12.2 Å². The van der Waals surface area contributed by atoms with E-state index in [2.05, 4.69) is 26.0 Å². The third-order valence-electron chi connectivity index (χ3n) is 7.41. The molecule has 0 aliphatic rings. The van der Waals surface area contributed by atoms with Crippen LogP contribution in [-0.2, 0) is 9.36 Å². The second kappa shape index (κ2) is 29.8. The molecule has 0 aromatic carbocycles. The summed E-state index contributed by atoms with van der Waals surface area (Å²) in [7, 11) is 3.47. The van der Waals surface area contributed by atoms with Crippen LogP contribution in [0.25, 0.3) is 0 Å². The van der Waals surface area contributed by atoms with Crippen molar-refractivity contribution in [3.63, 3.8) is 0 Å². The molecule has 0 aliphatic heterocycles. The fourth-order valence-electron chi connectivity index (χ4n) is 4.69. The average molecular weight is 589 g/mol. The summed E-state index contributed by atoms with van der Waals surface area (Å²) in [6.07, 6.45) is 29.1. The van der Waals surface area contributed by atoms with Crippen molar-refractivity contribution in [1.29, 1.82) is 0 Å². The molecule has 0 heterocycles. The topological polar surface area (TPSA) is 97.7 Å². The van der Waals surface area contributed by atoms with E-state index in [0.29, 0.717) is 10.9 Å². The van der Waals surface area contributed by atoms with Gasteiger partial charge in [-0.05, 0) is 38.5 Å². The first kappa shape index (κ1) is 41.5. The van der Waals surface area contributed by atoms with Crippen LogP contribution in [0.5, 0.6) is 0 Å². The van der Waals surface area contributed by atoms with Crippen LogP contribution in [0.15, 0.2) is 12.2 Å². The van der Waals surface area contributed by atoms with Gasteiger partial charge in [-0.3, -0.25) is 9.28 Å². The molecule has 0 spiro atoms. The van der Waals surface area contributed by atoms with E-state index in [4.69, 9.17) is 5.11 Å². The molecule has 0 aromatic heterocycles. The van der Waals surface area contributed by atoms with E-state index in [-0.39, 0.29) is 24.6 Å². The van der Waals surface area contributed by atoms with Crippen LogP contribution < -0.4 is 4.89 Å². The van der Waals surface area contributed by atoms with Gasteiger partial charge in [0.1, 0.15) is 6.10 Å². The maximum Gasteiger partial charge on any atom is 0.373 e. The molecule has 0 saturated carbocycles. The lowest BCUT2D eigenvalue weighted by Gasteiger charge is -2.27. The SMILES string of the molecule is CCCCC([P+](=O)[O-])[N+](C)(C)C.CCCCCCCCC=CCCCCCCCCCCCC(=O)C(O)CCO. The maximum atomic E-state index is 11.5. The van der Waals surface area contributed by atoms with E-state index in [1.165, 1.54) is 96.3 Å². The molecule has 7 heteroatoms. The van der Waals surface area contributed by atoms with E-state index in [0.717, 1.165) is 32.1 Å². The molecule has 0 saturated heterocycles. The second-order valence-electron chi connectivity index (χ2n) is 12.3. The number of quaternary nitrogens is 1. The van der Waals surface area contributed by atoms with E-state index in [1.807, 2.05) is 21.1 Å². The average Bonchev–Trinajstić information content (AvgIpc) is 2.89. The Hall–Kier alpha value is -0.650. The minimum Gasteiger partial charge on any atom is -0.591 e. The molecule has 0 bridgehead atoms. The second-order valence-corrected chi connectivity index (χ2v) is 13.4. The predicted molar refractivity (Wildman–Crippen MR) is 170 cm³/mol. The van der Waals surface area contributed by atoms with Gasteiger partial charge >= 0.3 is 8.03 Å². The van der Waals surface area contributed by atoms with Gasteiger partial charge in [0.15, 0.2) is 5.78 Å². The van der Waals surface area contributed by atoms with Gasteiger partial charge in [0.2, 0.25) is 0 Å². The number of unbranched alkanes of at least 4 members (excludes halogenated alkanes) is 16. The van der Waals surface area contributed by atoms with Crippen LogP contribution in [-0.4, -0.2) is 60.1 Å². The summed E-state index contributed by atoms with van der Waals surface area (Å²) >= 11 is 0. The van der Waals surface area contributed by atoms with Crippen LogP contribution in [0.1, 0.15) is 155 Å². The third-order valence-corrected chi connectivity index (χ3v) is 8.85. The Labute approximate surface area is 249 Å². The van der Waals surface area contributed by atoms with Crippen LogP contribution in [0, 0.1) is 0 Å². The minimum atomic E-state index is -2.29. The molecule has 0 aromatic rings. The van der Waals surface area contributed by atoms with Gasteiger partial charge in [-0.1, -0.05) is 114 Å². The third kappa shape index (κ3) is 28.9. The van der Waals surface area contributed by atoms with Gasteiger partial charge in [0.05, 0.1) is 21.1 Å². The Morgan fingerprint density at radius 3 is 1.55 bits per heavy atom. The Morgan fingerprint density at radius 2 is 1.15 bits per heavy atom. The number of carbonyl (C=O) groups excluding carboxylic acids is 1. The van der Waals surface area contributed by atoms with E-state index in [9.17, 15) is 19.4 Å². The highest BCUT2D eigenvalue weighted by atomic mass is 31.1. The van der Waals surface area contributed by atoms with E-state index < -0.39 is 14.1 Å². The first-order valence-corrected chi connectivity index (χ1v) is 17.8. The number of Topliss-reactive ketones (excluding diaryl/α,β-unsaturated/α-hetero) is 1. The highest BCUT2D eigenvalue weighted by Gasteiger charge is 2.34. The molecule has 3 atom stereocenters. The van der Waals surface area contributed by atoms with Crippen molar-refractivity contribution < 1.29 is 28.9 Å². The van der Waals surface area contributed by atoms with Crippen molar-refractivity contribution in [1.82, 2.24) is 0 Å².